The molecule has 0 bridgehead atoms. The molecule has 0 spiro atoms. The van der Waals surface area contributed by atoms with E-state index in [1.165, 1.54) is 0 Å². The standard InChI is InChI=1S/C10H7F2NO2/c1-5(14)7-2-6(10(11)12)3-9(15)8(7)4-13/h2-3,10,15H,1H3. The van der Waals surface area contributed by atoms with Gasteiger partial charge in [0, 0.05) is 11.1 Å². The van der Waals surface area contributed by atoms with Crippen LogP contribution in [0.15, 0.2) is 12.1 Å². The molecule has 0 saturated heterocycles. The highest BCUT2D eigenvalue weighted by atomic mass is 19.3. The topological polar surface area (TPSA) is 61.1 Å². The Bertz CT molecular complexity index is 449. The van der Waals surface area contributed by atoms with Crippen LogP contribution in [0.1, 0.15) is 34.8 Å². The van der Waals surface area contributed by atoms with Gasteiger partial charge in [0.2, 0.25) is 0 Å². The summed E-state index contributed by atoms with van der Waals surface area (Å²) >= 11 is 0. The van der Waals surface area contributed by atoms with Gasteiger partial charge in [0.05, 0.1) is 0 Å². The summed E-state index contributed by atoms with van der Waals surface area (Å²) in [4.78, 5) is 11.0. The van der Waals surface area contributed by atoms with Gasteiger partial charge in [-0.3, -0.25) is 4.79 Å². The summed E-state index contributed by atoms with van der Waals surface area (Å²) in [5, 5.41) is 17.9. The number of ketones is 1. The number of rotatable bonds is 2. The Hall–Kier alpha value is -1.96. The summed E-state index contributed by atoms with van der Waals surface area (Å²) in [6, 6.07) is 3.30. The zero-order valence-electron chi connectivity index (χ0n) is 7.79. The molecular formula is C10H7F2NO2. The van der Waals surface area contributed by atoms with Crippen molar-refractivity contribution in [3.63, 3.8) is 0 Å². The summed E-state index contributed by atoms with van der Waals surface area (Å²) in [7, 11) is 0. The molecule has 5 heteroatoms. The van der Waals surface area contributed by atoms with Gasteiger partial charge in [0.15, 0.2) is 5.78 Å². The zero-order valence-corrected chi connectivity index (χ0v) is 7.79. The fourth-order valence-electron chi connectivity index (χ4n) is 1.17. The first-order valence-electron chi connectivity index (χ1n) is 4.03. The van der Waals surface area contributed by atoms with E-state index in [4.69, 9.17) is 5.26 Å². The smallest absolute Gasteiger partial charge is 0.264 e. The third kappa shape index (κ3) is 2.10. The highest BCUT2D eigenvalue weighted by molar-refractivity contribution is 5.97. The lowest BCUT2D eigenvalue weighted by Crippen LogP contribution is -1.99. The maximum atomic E-state index is 12.3. The van der Waals surface area contributed by atoms with Crippen LogP contribution in [-0.2, 0) is 0 Å². The molecule has 0 unspecified atom stereocenters. The van der Waals surface area contributed by atoms with Crippen LogP contribution >= 0.6 is 0 Å². The molecule has 0 saturated carbocycles. The van der Waals surface area contributed by atoms with Gasteiger partial charge in [-0.25, -0.2) is 8.78 Å². The number of phenols is 1. The van der Waals surface area contributed by atoms with Crippen LogP contribution in [0.3, 0.4) is 0 Å². The fraction of sp³-hybridized carbons (Fsp3) is 0.200. The molecular weight excluding hydrogens is 204 g/mol. The molecule has 0 atom stereocenters. The van der Waals surface area contributed by atoms with Gasteiger partial charge in [-0.1, -0.05) is 0 Å². The van der Waals surface area contributed by atoms with E-state index in [0.717, 1.165) is 19.1 Å². The molecule has 0 radical (unpaired) electrons. The number of aromatic hydroxyl groups is 1. The molecule has 1 N–H and O–H groups in total. The number of carbonyl (C=O) groups excluding carboxylic acids is 1. The van der Waals surface area contributed by atoms with E-state index in [1.54, 1.807) is 6.07 Å². The Morgan fingerprint density at radius 1 is 1.53 bits per heavy atom. The number of carbonyl (C=O) groups is 1. The second kappa shape index (κ2) is 4.05. The molecule has 0 fully saturated rings. The van der Waals surface area contributed by atoms with Crippen LogP contribution in [0.2, 0.25) is 0 Å². The summed E-state index contributed by atoms with van der Waals surface area (Å²) in [6.45, 7) is 1.14. The number of nitriles is 1. The number of hydrogen-bond acceptors (Lipinski definition) is 3. The largest absolute Gasteiger partial charge is 0.507 e. The number of halogens is 2. The molecule has 0 aromatic heterocycles. The van der Waals surface area contributed by atoms with Gasteiger partial charge in [0.25, 0.3) is 6.43 Å². The maximum absolute atomic E-state index is 12.3. The third-order valence-electron chi connectivity index (χ3n) is 1.88. The second-order valence-corrected chi connectivity index (χ2v) is 2.93. The van der Waals surface area contributed by atoms with E-state index in [0.29, 0.717) is 0 Å². The Kier molecular flexibility index (Phi) is 3.00. The van der Waals surface area contributed by atoms with E-state index in [2.05, 4.69) is 0 Å². The lowest BCUT2D eigenvalue weighted by molar-refractivity contribution is 0.101. The Morgan fingerprint density at radius 3 is 2.53 bits per heavy atom. The van der Waals surface area contributed by atoms with Gasteiger partial charge in [-0.15, -0.1) is 0 Å². The summed E-state index contributed by atoms with van der Waals surface area (Å²) in [5.41, 5.74) is -0.934. The number of benzene rings is 1. The van der Waals surface area contributed by atoms with E-state index < -0.39 is 23.5 Å². The molecule has 0 aliphatic carbocycles. The minimum absolute atomic E-state index is 0.187. The summed E-state index contributed by atoms with van der Waals surface area (Å²) in [6.07, 6.45) is -2.79. The first-order chi connectivity index (χ1) is 6.97. The van der Waals surface area contributed by atoms with Crippen LogP contribution in [0.4, 0.5) is 8.78 Å². The Morgan fingerprint density at radius 2 is 2.13 bits per heavy atom. The molecule has 1 aromatic rings. The van der Waals surface area contributed by atoms with Crippen molar-refractivity contribution in [1.82, 2.24) is 0 Å². The minimum atomic E-state index is -2.79. The van der Waals surface area contributed by atoms with E-state index in [1.807, 2.05) is 0 Å². The number of phenolic OH excluding ortho intramolecular Hbond substituents is 1. The van der Waals surface area contributed by atoms with Crippen molar-refractivity contribution in [2.24, 2.45) is 0 Å². The van der Waals surface area contributed by atoms with Crippen molar-refractivity contribution >= 4 is 5.78 Å². The number of nitrogens with zero attached hydrogens (tertiary/aromatic N) is 1. The molecule has 0 heterocycles. The first-order valence-corrected chi connectivity index (χ1v) is 4.03. The third-order valence-corrected chi connectivity index (χ3v) is 1.88. The van der Waals surface area contributed by atoms with Crippen LogP contribution in [-0.4, -0.2) is 10.9 Å². The SMILES string of the molecule is CC(=O)c1cc(C(F)F)cc(O)c1C#N. The van der Waals surface area contributed by atoms with Gasteiger partial charge in [0.1, 0.15) is 17.4 Å². The normalized spacial score (nSPS) is 10.1. The number of alkyl halides is 2. The lowest BCUT2D eigenvalue weighted by Gasteiger charge is -2.06. The summed E-state index contributed by atoms with van der Waals surface area (Å²) < 4.78 is 24.6. The molecule has 0 aliphatic rings. The van der Waals surface area contributed by atoms with E-state index >= 15 is 0 Å². The number of Topliss-reactive ketones (excluding diaryl/α,β-unsaturated/α-hetero) is 1. The molecule has 1 rings (SSSR count). The lowest BCUT2D eigenvalue weighted by atomic mass is 10.0. The Balaban J connectivity index is 3.47. The van der Waals surface area contributed by atoms with Gasteiger partial charge in [-0.05, 0) is 19.1 Å². The number of hydrogen-bond donors (Lipinski definition) is 1. The highest BCUT2D eigenvalue weighted by Crippen LogP contribution is 2.28. The van der Waals surface area contributed by atoms with Crippen molar-refractivity contribution in [2.75, 3.05) is 0 Å². The quantitative estimate of drug-likeness (QED) is 0.764. The Labute approximate surface area is 84.6 Å². The van der Waals surface area contributed by atoms with Crippen molar-refractivity contribution in [2.45, 2.75) is 13.3 Å². The first kappa shape index (κ1) is 11.1. The molecule has 15 heavy (non-hydrogen) atoms. The van der Waals surface area contributed by atoms with Crippen molar-refractivity contribution in [1.29, 1.82) is 5.26 Å². The van der Waals surface area contributed by atoms with Crippen molar-refractivity contribution in [3.05, 3.63) is 28.8 Å². The van der Waals surface area contributed by atoms with Gasteiger partial charge >= 0.3 is 0 Å². The van der Waals surface area contributed by atoms with Crippen LogP contribution in [0.5, 0.6) is 5.75 Å². The average Bonchev–Trinajstić information content (AvgIpc) is 2.16. The van der Waals surface area contributed by atoms with Crippen LogP contribution < -0.4 is 0 Å². The molecule has 0 aliphatic heterocycles. The molecule has 78 valence electrons. The highest BCUT2D eigenvalue weighted by Gasteiger charge is 2.17. The fourth-order valence-corrected chi connectivity index (χ4v) is 1.17. The predicted octanol–water partition coefficient (Wildman–Crippen LogP) is 2.40. The van der Waals surface area contributed by atoms with Crippen LogP contribution in [0, 0.1) is 11.3 Å². The van der Waals surface area contributed by atoms with Gasteiger partial charge in [-0.2, -0.15) is 5.26 Å². The maximum Gasteiger partial charge on any atom is 0.264 e. The van der Waals surface area contributed by atoms with Crippen molar-refractivity contribution < 1.29 is 18.7 Å². The van der Waals surface area contributed by atoms with Crippen LogP contribution in [0.25, 0.3) is 0 Å². The van der Waals surface area contributed by atoms with E-state index in [9.17, 15) is 18.7 Å². The summed E-state index contributed by atoms with van der Waals surface area (Å²) in [5.74, 6) is -1.13. The molecule has 0 amide bonds. The monoisotopic (exact) mass is 211 g/mol. The average molecular weight is 211 g/mol. The second-order valence-electron chi connectivity index (χ2n) is 2.93. The predicted molar refractivity (Wildman–Crippen MR) is 47.8 cm³/mol. The molecule has 1 aromatic carbocycles. The minimum Gasteiger partial charge on any atom is -0.507 e. The molecule has 3 nitrogen and oxygen atoms in total. The zero-order chi connectivity index (χ0) is 11.6. The van der Waals surface area contributed by atoms with Gasteiger partial charge < -0.3 is 5.11 Å². The van der Waals surface area contributed by atoms with Crippen molar-refractivity contribution in [3.8, 4) is 11.8 Å². The van der Waals surface area contributed by atoms with E-state index in [-0.39, 0.29) is 11.1 Å².